The molecule has 0 saturated heterocycles. The van der Waals surface area contributed by atoms with Crippen LogP contribution in [0.1, 0.15) is 18.9 Å². The second kappa shape index (κ2) is 5.92. The molecule has 0 saturated carbocycles. The number of hydrogen-bond donors (Lipinski definition) is 1. The Kier molecular flexibility index (Phi) is 4.53. The van der Waals surface area contributed by atoms with Crippen molar-refractivity contribution < 1.29 is 9.18 Å². The highest BCUT2D eigenvalue weighted by atomic mass is 19.1. The van der Waals surface area contributed by atoms with Gasteiger partial charge in [-0.3, -0.25) is 4.79 Å². The van der Waals surface area contributed by atoms with Crippen molar-refractivity contribution in [2.45, 2.75) is 25.8 Å². The summed E-state index contributed by atoms with van der Waals surface area (Å²) in [5.41, 5.74) is 0.769. The van der Waals surface area contributed by atoms with E-state index in [1.165, 1.54) is 12.1 Å². The molecule has 84 valence electrons. The molecule has 16 heavy (non-hydrogen) atoms. The van der Waals surface area contributed by atoms with Crippen molar-refractivity contribution >= 4 is 5.91 Å². The maximum atomic E-state index is 12.6. The Morgan fingerprint density at radius 1 is 1.50 bits per heavy atom. The molecule has 1 aromatic carbocycles. The number of benzene rings is 1. The lowest BCUT2D eigenvalue weighted by Gasteiger charge is -2.10. The smallest absolute Gasteiger partial charge is 0.225 e. The molecule has 1 atom stereocenters. The number of terminal acetylenes is 1. The van der Waals surface area contributed by atoms with E-state index in [9.17, 15) is 9.18 Å². The predicted octanol–water partition coefficient (Wildman–Crippen LogP) is 1.90. The number of rotatable bonds is 4. The third-order valence-electron chi connectivity index (χ3n) is 2.22. The molecule has 0 aromatic heterocycles. The zero-order valence-corrected chi connectivity index (χ0v) is 9.16. The fraction of sp³-hybridized carbons (Fsp3) is 0.308. The lowest BCUT2D eigenvalue weighted by Crippen LogP contribution is -2.34. The summed E-state index contributed by atoms with van der Waals surface area (Å²) in [6, 6.07) is 5.62. The normalized spacial score (nSPS) is 11.6. The van der Waals surface area contributed by atoms with Gasteiger partial charge in [0.15, 0.2) is 0 Å². The first-order chi connectivity index (χ1) is 7.65. The van der Waals surface area contributed by atoms with Gasteiger partial charge in [-0.2, -0.15) is 0 Å². The largest absolute Gasteiger partial charge is 0.342 e. The SMILES string of the molecule is C#CC(CC)NC(=O)Cc1ccc(F)cc1. The van der Waals surface area contributed by atoms with Crippen molar-refractivity contribution in [3.05, 3.63) is 35.6 Å². The molecule has 0 aliphatic rings. The molecule has 0 heterocycles. The number of nitrogens with one attached hydrogen (secondary N) is 1. The van der Waals surface area contributed by atoms with Crippen LogP contribution in [0.2, 0.25) is 0 Å². The summed E-state index contributed by atoms with van der Waals surface area (Å²) < 4.78 is 12.6. The molecule has 0 spiro atoms. The standard InChI is InChI=1S/C13H14FNO/c1-3-12(4-2)15-13(16)9-10-5-7-11(14)8-6-10/h1,5-8,12H,4,9H2,2H3,(H,15,16). The Bertz CT molecular complexity index is 391. The van der Waals surface area contributed by atoms with Gasteiger partial charge in [-0.1, -0.05) is 25.0 Å². The van der Waals surface area contributed by atoms with Crippen LogP contribution in [0.25, 0.3) is 0 Å². The van der Waals surface area contributed by atoms with Crippen LogP contribution in [0.15, 0.2) is 24.3 Å². The monoisotopic (exact) mass is 219 g/mol. The first-order valence-electron chi connectivity index (χ1n) is 5.15. The molecule has 0 aliphatic carbocycles. The molecular formula is C13H14FNO. The van der Waals surface area contributed by atoms with Gasteiger partial charge < -0.3 is 5.32 Å². The molecule has 1 amide bonds. The van der Waals surface area contributed by atoms with Gasteiger partial charge in [-0.25, -0.2) is 4.39 Å². The molecule has 1 aromatic rings. The summed E-state index contributed by atoms with van der Waals surface area (Å²) in [5.74, 6) is 2.04. The summed E-state index contributed by atoms with van der Waals surface area (Å²) in [6.07, 6.45) is 6.15. The Labute approximate surface area is 94.9 Å². The first kappa shape index (κ1) is 12.3. The minimum atomic E-state index is -0.306. The van der Waals surface area contributed by atoms with E-state index in [0.717, 1.165) is 5.56 Å². The van der Waals surface area contributed by atoms with Crippen LogP contribution in [-0.4, -0.2) is 11.9 Å². The molecule has 1 unspecified atom stereocenters. The Morgan fingerprint density at radius 3 is 2.62 bits per heavy atom. The van der Waals surface area contributed by atoms with Gasteiger partial charge in [0.25, 0.3) is 0 Å². The lowest BCUT2D eigenvalue weighted by molar-refractivity contribution is -0.120. The highest BCUT2D eigenvalue weighted by Crippen LogP contribution is 2.03. The third-order valence-corrected chi connectivity index (χ3v) is 2.22. The summed E-state index contributed by atoms with van der Waals surface area (Å²) in [4.78, 5) is 11.5. The van der Waals surface area contributed by atoms with Crippen LogP contribution in [0, 0.1) is 18.2 Å². The van der Waals surface area contributed by atoms with Crippen LogP contribution in [-0.2, 0) is 11.2 Å². The Hall–Kier alpha value is -1.82. The van der Waals surface area contributed by atoms with E-state index in [1.807, 2.05) is 6.92 Å². The molecular weight excluding hydrogens is 205 g/mol. The topological polar surface area (TPSA) is 29.1 Å². The van der Waals surface area contributed by atoms with E-state index in [4.69, 9.17) is 6.42 Å². The van der Waals surface area contributed by atoms with Gasteiger partial charge in [0.2, 0.25) is 5.91 Å². The number of halogens is 1. The fourth-order valence-electron chi connectivity index (χ4n) is 1.29. The van der Waals surface area contributed by atoms with Crippen molar-refractivity contribution in [1.29, 1.82) is 0 Å². The average molecular weight is 219 g/mol. The number of carbonyl (C=O) groups excluding carboxylic acids is 1. The van der Waals surface area contributed by atoms with Crippen LogP contribution in [0.3, 0.4) is 0 Å². The predicted molar refractivity (Wildman–Crippen MR) is 61.2 cm³/mol. The second-order valence-corrected chi connectivity index (χ2v) is 3.50. The van der Waals surface area contributed by atoms with Crippen LogP contribution < -0.4 is 5.32 Å². The van der Waals surface area contributed by atoms with Crippen molar-refractivity contribution in [3.8, 4) is 12.3 Å². The van der Waals surface area contributed by atoms with Gasteiger partial charge in [0.05, 0.1) is 12.5 Å². The molecule has 1 rings (SSSR count). The molecule has 0 radical (unpaired) electrons. The Morgan fingerprint density at radius 2 is 2.12 bits per heavy atom. The van der Waals surface area contributed by atoms with Crippen LogP contribution in [0.4, 0.5) is 4.39 Å². The molecule has 0 fully saturated rings. The van der Waals surface area contributed by atoms with Gasteiger partial charge in [-0.05, 0) is 24.1 Å². The van der Waals surface area contributed by atoms with Gasteiger partial charge >= 0.3 is 0 Å². The minimum absolute atomic E-state index is 0.142. The Balaban J connectivity index is 2.52. The summed E-state index contributed by atoms with van der Waals surface area (Å²) >= 11 is 0. The van der Waals surface area contributed by atoms with Gasteiger partial charge in [-0.15, -0.1) is 6.42 Å². The van der Waals surface area contributed by atoms with E-state index in [-0.39, 0.29) is 24.2 Å². The zero-order chi connectivity index (χ0) is 12.0. The highest BCUT2D eigenvalue weighted by Gasteiger charge is 2.07. The van der Waals surface area contributed by atoms with Crippen LogP contribution >= 0.6 is 0 Å². The highest BCUT2D eigenvalue weighted by molar-refractivity contribution is 5.79. The lowest BCUT2D eigenvalue weighted by atomic mass is 10.1. The molecule has 2 nitrogen and oxygen atoms in total. The fourth-order valence-corrected chi connectivity index (χ4v) is 1.29. The molecule has 0 bridgehead atoms. The van der Waals surface area contributed by atoms with Crippen molar-refractivity contribution in [3.63, 3.8) is 0 Å². The van der Waals surface area contributed by atoms with Crippen molar-refractivity contribution in [2.24, 2.45) is 0 Å². The van der Waals surface area contributed by atoms with E-state index >= 15 is 0 Å². The van der Waals surface area contributed by atoms with Crippen LogP contribution in [0.5, 0.6) is 0 Å². The number of carbonyl (C=O) groups is 1. The van der Waals surface area contributed by atoms with Gasteiger partial charge in [0, 0.05) is 0 Å². The summed E-state index contributed by atoms with van der Waals surface area (Å²) in [5, 5.41) is 2.71. The first-order valence-corrected chi connectivity index (χ1v) is 5.15. The summed E-state index contributed by atoms with van der Waals surface area (Å²) in [7, 11) is 0. The second-order valence-electron chi connectivity index (χ2n) is 3.50. The third kappa shape index (κ3) is 3.74. The number of amides is 1. The average Bonchev–Trinajstić information content (AvgIpc) is 2.29. The summed E-state index contributed by atoms with van der Waals surface area (Å²) in [6.45, 7) is 1.91. The van der Waals surface area contributed by atoms with E-state index in [1.54, 1.807) is 12.1 Å². The van der Waals surface area contributed by atoms with Crippen molar-refractivity contribution in [2.75, 3.05) is 0 Å². The van der Waals surface area contributed by atoms with Crippen molar-refractivity contribution in [1.82, 2.24) is 5.32 Å². The molecule has 3 heteroatoms. The maximum Gasteiger partial charge on any atom is 0.225 e. The molecule has 0 aliphatic heterocycles. The van der Waals surface area contributed by atoms with E-state index < -0.39 is 0 Å². The molecule has 1 N–H and O–H groups in total. The van der Waals surface area contributed by atoms with E-state index in [2.05, 4.69) is 11.2 Å². The minimum Gasteiger partial charge on any atom is -0.342 e. The van der Waals surface area contributed by atoms with E-state index in [0.29, 0.717) is 6.42 Å². The number of hydrogen-bond acceptors (Lipinski definition) is 1. The zero-order valence-electron chi connectivity index (χ0n) is 9.16. The maximum absolute atomic E-state index is 12.6. The van der Waals surface area contributed by atoms with Gasteiger partial charge in [0.1, 0.15) is 5.82 Å². The quantitative estimate of drug-likeness (QED) is 0.770.